The summed E-state index contributed by atoms with van der Waals surface area (Å²) in [5, 5.41) is 3.36. The molecule has 21 heavy (non-hydrogen) atoms. The topological polar surface area (TPSA) is 43.4 Å². The molecule has 0 spiro atoms. The van der Waals surface area contributed by atoms with Crippen LogP contribution in [0.1, 0.15) is 18.1 Å². The maximum absolute atomic E-state index is 5.75. The molecule has 0 radical (unpaired) electrons. The van der Waals surface area contributed by atoms with Gasteiger partial charge in [-0.1, -0.05) is 12.1 Å². The number of nitrogens with one attached hydrogen (secondary N) is 1. The molecule has 0 saturated heterocycles. The van der Waals surface area contributed by atoms with E-state index in [0.29, 0.717) is 13.2 Å². The van der Waals surface area contributed by atoms with Crippen LogP contribution < -0.4 is 14.8 Å². The number of pyridine rings is 1. The van der Waals surface area contributed by atoms with Crippen LogP contribution in [0.15, 0.2) is 42.7 Å². The van der Waals surface area contributed by atoms with Crippen LogP contribution in [0.25, 0.3) is 0 Å². The van der Waals surface area contributed by atoms with Gasteiger partial charge >= 0.3 is 0 Å². The van der Waals surface area contributed by atoms with Gasteiger partial charge in [0.05, 0.1) is 6.61 Å². The van der Waals surface area contributed by atoms with Crippen molar-refractivity contribution in [2.75, 3.05) is 19.8 Å². The standard InChI is InChI=1S/C17H22N2O2/c1-3-20-16-6-4-5-7-17(16)21-11-10-19-13-15-12-18-9-8-14(15)2/h4-9,12,19H,3,10-11,13H2,1-2H3. The lowest BCUT2D eigenvalue weighted by molar-refractivity contribution is 0.275. The van der Waals surface area contributed by atoms with Crippen LogP contribution in [0, 0.1) is 6.92 Å². The first-order valence-electron chi connectivity index (χ1n) is 7.26. The summed E-state index contributed by atoms with van der Waals surface area (Å²) < 4.78 is 11.3. The smallest absolute Gasteiger partial charge is 0.161 e. The van der Waals surface area contributed by atoms with Crippen molar-refractivity contribution in [1.29, 1.82) is 0 Å². The summed E-state index contributed by atoms with van der Waals surface area (Å²) in [6.07, 6.45) is 3.71. The molecule has 112 valence electrons. The zero-order valence-corrected chi connectivity index (χ0v) is 12.6. The molecule has 1 heterocycles. The Hall–Kier alpha value is -2.07. The van der Waals surface area contributed by atoms with Crippen LogP contribution in [0.4, 0.5) is 0 Å². The van der Waals surface area contributed by atoms with Gasteiger partial charge < -0.3 is 14.8 Å². The maximum Gasteiger partial charge on any atom is 0.161 e. The minimum atomic E-state index is 0.601. The number of nitrogens with zero attached hydrogens (tertiary/aromatic N) is 1. The van der Waals surface area contributed by atoms with E-state index in [1.54, 1.807) is 0 Å². The fourth-order valence-electron chi connectivity index (χ4n) is 1.98. The molecule has 0 unspecified atom stereocenters. The van der Waals surface area contributed by atoms with E-state index in [0.717, 1.165) is 24.6 Å². The Labute approximate surface area is 126 Å². The Bertz CT molecular complexity index is 558. The zero-order valence-electron chi connectivity index (χ0n) is 12.6. The van der Waals surface area contributed by atoms with E-state index >= 15 is 0 Å². The van der Waals surface area contributed by atoms with Gasteiger partial charge in [-0.2, -0.15) is 0 Å². The molecule has 1 N–H and O–H groups in total. The molecule has 0 atom stereocenters. The average Bonchev–Trinajstić information content (AvgIpc) is 2.50. The molecule has 0 amide bonds. The second-order valence-corrected chi connectivity index (χ2v) is 4.71. The normalized spacial score (nSPS) is 10.4. The minimum Gasteiger partial charge on any atom is -0.490 e. The molecule has 2 aromatic rings. The Morgan fingerprint density at radius 3 is 2.57 bits per heavy atom. The van der Waals surface area contributed by atoms with E-state index in [1.807, 2.05) is 49.6 Å². The fourth-order valence-corrected chi connectivity index (χ4v) is 1.98. The van der Waals surface area contributed by atoms with Gasteiger partial charge in [0, 0.05) is 25.5 Å². The van der Waals surface area contributed by atoms with Crippen LogP contribution in [0.5, 0.6) is 11.5 Å². The van der Waals surface area contributed by atoms with Gasteiger partial charge in [0.2, 0.25) is 0 Å². The van der Waals surface area contributed by atoms with Gasteiger partial charge in [-0.05, 0) is 43.2 Å². The number of aryl methyl sites for hydroxylation is 1. The number of ether oxygens (including phenoxy) is 2. The van der Waals surface area contributed by atoms with Crippen LogP contribution in [-0.2, 0) is 6.54 Å². The summed E-state index contributed by atoms with van der Waals surface area (Å²) in [5.41, 5.74) is 2.47. The lowest BCUT2D eigenvalue weighted by Gasteiger charge is -2.12. The molecular weight excluding hydrogens is 264 g/mol. The molecule has 0 fully saturated rings. The second-order valence-electron chi connectivity index (χ2n) is 4.71. The second kappa shape index (κ2) is 8.27. The first-order valence-corrected chi connectivity index (χ1v) is 7.26. The molecule has 4 nitrogen and oxygen atoms in total. The lowest BCUT2D eigenvalue weighted by Crippen LogP contribution is -2.21. The number of hydrogen-bond acceptors (Lipinski definition) is 4. The van der Waals surface area contributed by atoms with Crippen molar-refractivity contribution < 1.29 is 9.47 Å². The van der Waals surface area contributed by atoms with E-state index in [1.165, 1.54) is 11.1 Å². The Morgan fingerprint density at radius 2 is 1.86 bits per heavy atom. The minimum absolute atomic E-state index is 0.601. The Kier molecular flexibility index (Phi) is 6.03. The van der Waals surface area contributed by atoms with Crippen molar-refractivity contribution in [2.45, 2.75) is 20.4 Å². The molecule has 0 aliphatic carbocycles. The highest BCUT2D eigenvalue weighted by Crippen LogP contribution is 2.25. The average molecular weight is 286 g/mol. The van der Waals surface area contributed by atoms with E-state index < -0.39 is 0 Å². The highest BCUT2D eigenvalue weighted by Gasteiger charge is 2.03. The molecule has 0 aliphatic heterocycles. The van der Waals surface area contributed by atoms with Gasteiger partial charge in [-0.25, -0.2) is 0 Å². The summed E-state index contributed by atoms with van der Waals surface area (Å²) in [4.78, 5) is 4.14. The SMILES string of the molecule is CCOc1ccccc1OCCNCc1cnccc1C. The third-order valence-corrected chi connectivity index (χ3v) is 3.15. The Morgan fingerprint density at radius 1 is 1.10 bits per heavy atom. The van der Waals surface area contributed by atoms with E-state index in [4.69, 9.17) is 9.47 Å². The molecule has 0 aliphatic rings. The van der Waals surface area contributed by atoms with Crippen LogP contribution in [0.2, 0.25) is 0 Å². The summed E-state index contributed by atoms with van der Waals surface area (Å²) in [6.45, 7) is 6.87. The molecule has 2 rings (SSSR count). The molecule has 1 aromatic heterocycles. The zero-order chi connectivity index (χ0) is 14.9. The molecule has 0 bridgehead atoms. The van der Waals surface area contributed by atoms with Gasteiger partial charge in [-0.15, -0.1) is 0 Å². The predicted molar refractivity (Wildman–Crippen MR) is 83.8 cm³/mol. The largest absolute Gasteiger partial charge is 0.490 e. The van der Waals surface area contributed by atoms with Crippen molar-refractivity contribution in [3.8, 4) is 11.5 Å². The monoisotopic (exact) mass is 286 g/mol. The molecule has 4 heteroatoms. The maximum atomic E-state index is 5.75. The van der Waals surface area contributed by atoms with Gasteiger partial charge in [0.25, 0.3) is 0 Å². The van der Waals surface area contributed by atoms with Crippen molar-refractivity contribution >= 4 is 0 Å². The van der Waals surface area contributed by atoms with Crippen molar-refractivity contribution in [2.24, 2.45) is 0 Å². The van der Waals surface area contributed by atoms with Crippen molar-refractivity contribution in [3.63, 3.8) is 0 Å². The Balaban J connectivity index is 1.74. The number of hydrogen-bond donors (Lipinski definition) is 1. The summed E-state index contributed by atoms with van der Waals surface area (Å²) in [7, 11) is 0. The highest BCUT2D eigenvalue weighted by molar-refractivity contribution is 5.39. The molecule has 0 saturated carbocycles. The summed E-state index contributed by atoms with van der Waals surface area (Å²) >= 11 is 0. The van der Waals surface area contributed by atoms with E-state index in [9.17, 15) is 0 Å². The van der Waals surface area contributed by atoms with Crippen molar-refractivity contribution in [3.05, 3.63) is 53.9 Å². The molecular formula is C17H22N2O2. The van der Waals surface area contributed by atoms with E-state index in [2.05, 4.69) is 17.2 Å². The third kappa shape index (κ3) is 4.76. The number of aromatic nitrogens is 1. The quantitative estimate of drug-likeness (QED) is 0.758. The predicted octanol–water partition coefficient (Wildman–Crippen LogP) is 2.96. The fraction of sp³-hybridized carbons (Fsp3) is 0.353. The number of para-hydroxylation sites is 2. The van der Waals surface area contributed by atoms with E-state index in [-0.39, 0.29) is 0 Å². The third-order valence-electron chi connectivity index (χ3n) is 3.15. The van der Waals surface area contributed by atoms with Gasteiger partial charge in [-0.3, -0.25) is 4.98 Å². The first-order chi connectivity index (χ1) is 10.3. The van der Waals surface area contributed by atoms with Crippen LogP contribution >= 0.6 is 0 Å². The summed E-state index contributed by atoms with van der Waals surface area (Å²) in [5.74, 6) is 1.59. The highest BCUT2D eigenvalue weighted by atomic mass is 16.5. The van der Waals surface area contributed by atoms with Crippen LogP contribution in [-0.4, -0.2) is 24.7 Å². The van der Waals surface area contributed by atoms with Gasteiger partial charge in [0.1, 0.15) is 6.61 Å². The molecule has 1 aromatic carbocycles. The first kappa shape index (κ1) is 15.3. The number of benzene rings is 1. The van der Waals surface area contributed by atoms with Gasteiger partial charge in [0.15, 0.2) is 11.5 Å². The van der Waals surface area contributed by atoms with Crippen LogP contribution in [0.3, 0.4) is 0 Å². The summed E-state index contributed by atoms with van der Waals surface area (Å²) in [6, 6.07) is 9.76. The number of rotatable bonds is 8. The lowest BCUT2D eigenvalue weighted by atomic mass is 10.2. The van der Waals surface area contributed by atoms with Crippen molar-refractivity contribution in [1.82, 2.24) is 10.3 Å².